The van der Waals surface area contributed by atoms with Gasteiger partial charge in [-0.2, -0.15) is 13.8 Å². The molecule has 1 saturated heterocycles. The van der Waals surface area contributed by atoms with Gasteiger partial charge in [-0.05, 0) is 18.5 Å². The van der Waals surface area contributed by atoms with Crippen LogP contribution in [0.1, 0.15) is 11.9 Å². The number of nitrogens with one attached hydrogen (secondary N) is 1. The molecule has 0 bridgehead atoms. The van der Waals surface area contributed by atoms with Crippen LogP contribution in [0.3, 0.4) is 0 Å². The van der Waals surface area contributed by atoms with Crippen LogP contribution in [0.25, 0.3) is 10.8 Å². The fourth-order valence-electron chi connectivity index (χ4n) is 2.20. The first-order valence-corrected chi connectivity index (χ1v) is 7.30. The van der Waals surface area contributed by atoms with Gasteiger partial charge in [0.25, 0.3) is 5.89 Å². The normalized spacial score (nSPS) is 20.1. The van der Waals surface area contributed by atoms with Gasteiger partial charge in [-0.15, -0.1) is 11.3 Å². The number of aromatic nitrogens is 2. The molecule has 1 aliphatic rings. The number of piperazine rings is 1. The Labute approximate surface area is 123 Å². The zero-order chi connectivity index (χ0) is 14.8. The number of likely N-dealkylation sites (N-methyl/N-ethyl adjacent to an activating group) is 1. The van der Waals surface area contributed by atoms with Gasteiger partial charge in [0.1, 0.15) is 10.6 Å². The lowest BCUT2D eigenvalue weighted by atomic mass is 10.2. The van der Waals surface area contributed by atoms with Crippen molar-refractivity contribution in [3.63, 3.8) is 0 Å². The van der Waals surface area contributed by atoms with Crippen molar-refractivity contribution in [2.45, 2.75) is 12.7 Å². The first kappa shape index (κ1) is 14.4. The molecular weight excluding hydrogens is 302 g/mol. The van der Waals surface area contributed by atoms with Gasteiger partial charge in [0.2, 0.25) is 0 Å². The molecule has 1 N–H and O–H groups in total. The summed E-state index contributed by atoms with van der Waals surface area (Å²) in [5.74, 6) is 0.797. The minimum Gasteiger partial charge on any atom is -0.433 e. The maximum absolute atomic E-state index is 12.3. The van der Waals surface area contributed by atoms with E-state index in [0.717, 1.165) is 19.6 Å². The van der Waals surface area contributed by atoms with Crippen LogP contribution in [0.5, 0.6) is 5.75 Å². The maximum atomic E-state index is 12.3. The number of hydrogen-bond donors (Lipinski definition) is 1. The summed E-state index contributed by atoms with van der Waals surface area (Å²) in [5.41, 5.74) is 0. The highest BCUT2D eigenvalue weighted by molar-refractivity contribution is 7.13. The van der Waals surface area contributed by atoms with Crippen molar-refractivity contribution >= 4 is 11.3 Å². The summed E-state index contributed by atoms with van der Waals surface area (Å²) in [5, 5.41) is 8.87. The third-order valence-electron chi connectivity index (χ3n) is 3.29. The van der Waals surface area contributed by atoms with Gasteiger partial charge in [-0.1, -0.05) is 5.16 Å². The van der Waals surface area contributed by atoms with Crippen molar-refractivity contribution in [2.24, 2.45) is 0 Å². The third kappa shape index (κ3) is 3.04. The van der Waals surface area contributed by atoms with Crippen LogP contribution in [0.2, 0.25) is 0 Å². The lowest BCUT2D eigenvalue weighted by Gasteiger charge is -2.30. The smallest absolute Gasteiger partial charge is 0.387 e. The molecule has 1 aliphatic heterocycles. The summed E-state index contributed by atoms with van der Waals surface area (Å²) in [6.45, 7) is -0.364. The second-order valence-corrected chi connectivity index (χ2v) is 5.57. The molecule has 0 aliphatic carbocycles. The molecule has 3 heterocycles. The van der Waals surface area contributed by atoms with Gasteiger partial charge in [0.15, 0.2) is 5.82 Å². The largest absolute Gasteiger partial charge is 0.433 e. The quantitative estimate of drug-likeness (QED) is 0.930. The Morgan fingerprint density at radius 1 is 1.57 bits per heavy atom. The Morgan fingerprint density at radius 3 is 3.19 bits per heavy atom. The van der Waals surface area contributed by atoms with Gasteiger partial charge >= 0.3 is 6.61 Å². The van der Waals surface area contributed by atoms with Crippen molar-refractivity contribution in [1.82, 2.24) is 20.4 Å². The summed E-state index contributed by atoms with van der Waals surface area (Å²) in [7, 11) is 1.98. The van der Waals surface area contributed by atoms with Crippen molar-refractivity contribution < 1.29 is 18.0 Å². The van der Waals surface area contributed by atoms with E-state index in [1.165, 1.54) is 17.4 Å². The first-order chi connectivity index (χ1) is 10.1. The van der Waals surface area contributed by atoms with E-state index in [1.54, 1.807) is 5.38 Å². The molecule has 0 spiro atoms. The van der Waals surface area contributed by atoms with E-state index in [9.17, 15) is 8.78 Å². The molecule has 2 aromatic rings. The molecule has 0 amide bonds. The number of hydrogen-bond acceptors (Lipinski definition) is 7. The molecule has 1 unspecified atom stereocenters. The predicted molar refractivity (Wildman–Crippen MR) is 72.5 cm³/mol. The van der Waals surface area contributed by atoms with Gasteiger partial charge < -0.3 is 14.6 Å². The van der Waals surface area contributed by atoms with Crippen LogP contribution < -0.4 is 10.1 Å². The Bertz CT molecular complexity index is 604. The summed E-state index contributed by atoms with van der Waals surface area (Å²) in [6, 6.07) is 1.47. The lowest BCUT2D eigenvalue weighted by Crippen LogP contribution is -2.44. The fraction of sp³-hybridized carbons (Fsp3) is 0.500. The standard InChI is InChI=1S/C12H14F2N4O2S/c1-18-4-3-15-6-7(18)10-16-11(20-17-10)9-8(2-5-21-9)19-12(13)14/h2,5,7,12,15H,3-4,6H2,1H3. The van der Waals surface area contributed by atoms with E-state index in [1.807, 2.05) is 7.05 Å². The second-order valence-electron chi connectivity index (χ2n) is 4.65. The topological polar surface area (TPSA) is 63.4 Å². The zero-order valence-electron chi connectivity index (χ0n) is 11.3. The minimum atomic E-state index is -2.88. The van der Waals surface area contributed by atoms with Crippen molar-refractivity contribution in [1.29, 1.82) is 0 Å². The monoisotopic (exact) mass is 316 g/mol. The molecule has 114 valence electrons. The van der Waals surface area contributed by atoms with Crippen LogP contribution in [0, 0.1) is 0 Å². The van der Waals surface area contributed by atoms with E-state index in [-0.39, 0.29) is 17.7 Å². The number of ether oxygens (including phenoxy) is 1. The van der Waals surface area contributed by atoms with Crippen molar-refractivity contribution in [3.05, 3.63) is 17.3 Å². The van der Waals surface area contributed by atoms with Crippen molar-refractivity contribution in [2.75, 3.05) is 26.7 Å². The van der Waals surface area contributed by atoms with Gasteiger partial charge in [-0.3, -0.25) is 4.90 Å². The molecular formula is C12H14F2N4O2S. The molecule has 0 aromatic carbocycles. The molecule has 2 aromatic heterocycles. The van der Waals surface area contributed by atoms with Crippen LogP contribution >= 0.6 is 11.3 Å². The number of alkyl halides is 2. The maximum Gasteiger partial charge on any atom is 0.387 e. The Kier molecular flexibility index (Phi) is 4.13. The number of rotatable bonds is 4. The molecule has 1 fully saturated rings. The SMILES string of the molecule is CN1CCNCC1c1noc(-c2sccc2OC(F)F)n1. The highest BCUT2D eigenvalue weighted by atomic mass is 32.1. The lowest BCUT2D eigenvalue weighted by molar-refractivity contribution is -0.0492. The van der Waals surface area contributed by atoms with E-state index in [4.69, 9.17) is 4.52 Å². The van der Waals surface area contributed by atoms with Gasteiger partial charge in [0.05, 0.1) is 6.04 Å². The average molecular weight is 316 g/mol. The first-order valence-electron chi connectivity index (χ1n) is 6.42. The highest BCUT2D eigenvalue weighted by Gasteiger charge is 2.26. The zero-order valence-corrected chi connectivity index (χ0v) is 12.1. The van der Waals surface area contributed by atoms with E-state index in [2.05, 4.69) is 25.1 Å². The van der Waals surface area contributed by atoms with Crippen LogP contribution in [-0.4, -0.2) is 48.3 Å². The van der Waals surface area contributed by atoms with Crippen LogP contribution in [0.15, 0.2) is 16.0 Å². The Morgan fingerprint density at radius 2 is 2.43 bits per heavy atom. The second kappa shape index (κ2) is 6.04. The Hall–Kier alpha value is -1.58. The summed E-state index contributed by atoms with van der Waals surface area (Å²) < 4.78 is 34.3. The number of halogens is 2. The molecule has 0 radical (unpaired) electrons. The molecule has 0 saturated carbocycles. The number of thiophene rings is 1. The highest BCUT2D eigenvalue weighted by Crippen LogP contribution is 2.36. The minimum absolute atomic E-state index is 0.00989. The molecule has 6 nitrogen and oxygen atoms in total. The molecule has 1 atom stereocenters. The number of nitrogens with zero attached hydrogens (tertiary/aromatic N) is 3. The molecule has 21 heavy (non-hydrogen) atoms. The summed E-state index contributed by atoms with van der Waals surface area (Å²) in [6.07, 6.45) is 0. The Balaban J connectivity index is 1.83. The third-order valence-corrected chi connectivity index (χ3v) is 4.17. The van der Waals surface area contributed by atoms with Crippen LogP contribution in [-0.2, 0) is 0 Å². The summed E-state index contributed by atoms with van der Waals surface area (Å²) in [4.78, 5) is 6.86. The van der Waals surface area contributed by atoms with E-state index >= 15 is 0 Å². The van der Waals surface area contributed by atoms with E-state index in [0.29, 0.717) is 10.7 Å². The van der Waals surface area contributed by atoms with Crippen LogP contribution in [0.4, 0.5) is 8.78 Å². The fourth-order valence-corrected chi connectivity index (χ4v) is 2.94. The van der Waals surface area contributed by atoms with E-state index < -0.39 is 6.61 Å². The summed E-state index contributed by atoms with van der Waals surface area (Å²) >= 11 is 1.22. The molecule has 9 heteroatoms. The predicted octanol–water partition coefficient (Wildman–Crippen LogP) is 1.98. The van der Waals surface area contributed by atoms with Gasteiger partial charge in [0, 0.05) is 19.6 Å². The van der Waals surface area contributed by atoms with Crippen molar-refractivity contribution in [3.8, 4) is 16.5 Å². The molecule has 3 rings (SSSR count). The van der Waals surface area contributed by atoms with Gasteiger partial charge in [-0.25, -0.2) is 0 Å². The average Bonchev–Trinajstić information content (AvgIpc) is 3.07.